The molecule has 1 saturated carbocycles. The van der Waals surface area contributed by atoms with Crippen LogP contribution >= 0.6 is 11.8 Å². The maximum atomic E-state index is 14.5. The van der Waals surface area contributed by atoms with Gasteiger partial charge in [0.1, 0.15) is 11.6 Å². The van der Waals surface area contributed by atoms with Crippen LogP contribution in [0.2, 0.25) is 0 Å². The Kier molecular flexibility index (Phi) is 8.67. The molecule has 3 aromatic carbocycles. The van der Waals surface area contributed by atoms with Crippen molar-refractivity contribution in [3.63, 3.8) is 0 Å². The van der Waals surface area contributed by atoms with E-state index in [1.54, 1.807) is 12.1 Å². The van der Waals surface area contributed by atoms with Gasteiger partial charge in [0.15, 0.2) is 5.78 Å². The van der Waals surface area contributed by atoms with Gasteiger partial charge in [-0.2, -0.15) is 0 Å². The summed E-state index contributed by atoms with van der Waals surface area (Å²) in [7, 11) is 0. The molecule has 0 radical (unpaired) electrons. The smallest absolute Gasteiger partial charge is 0.248 e. The molecule has 1 aliphatic carbocycles. The number of carbonyl (C=O) groups excluding carboxylic acids is 1. The summed E-state index contributed by atoms with van der Waals surface area (Å²) in [5.41, 5.74) is 2.77. The maximum absolute atomic E-state index is 14.5. The second-order valence-corrected chi connectivity index (χ2v) is 10.1. The van der Waals surface area contributed by atoms with Gasteiger partial charge in [0, 0.05) is 45.4 Å². The van der Waals surface area contributed by atoms with E-state index in [9.17, 15) is 23.1 Å². The molecule has 1 fully saturated rings. The summed E-state index contributed by atoms with van der Waals surface area (Å²) < 4.78 is 39.3. The molecule has 3 nitrogen and oxygen atoms in total. The van der Waals surface area contributed by atoms with Crippen LogP contribution in [0.5, 0.6) is 5.75 Å². The highest BCUT2D eigenvalue weighted by Gasteiger charge is 2.33. The lowest BCUT2D eigenvalue weighted by molar-refractivity contribution is -0.0438. The molecule has 190 valence electrons. The topological polar surface area (TPSA) is 49.7 Å². The van der Waals surface area contributed by atoms with Crippen molar-refractivity contribution in [1.29, 1.82) is 0 Å². The largest absolute Gasteiger partial charge is 0.508 e. The molecule has 0 amide bonds. The Bertz CT molecular complexity index is 1280. The van der Waals surface area contributed by atoms with E-state index in [0.717, 1.165) is 21.4 Å². The summed E-state index contributed by atoms with van der Waals surface area (Å²) in [5, 5.41) is 9.52. The van der Waals surface area contributed by atoms with Crippen molar-refractivity contribution in [2.75, 3.05) is 0 Å². The van der Waals surface area contributed by atoms with E-state index in [2.05, 4.69) is 0 Å². The quantitative estimate of drug-likeness (QED) is 0.272. The van der Waals surface area contributed by atoms with Crippen LogP contribution in [-0.4, -0.2) is 22.5 Å². The number of fused-ring (bicyclic) bond motifs is 2. The number of halogens is 3. The minimum absolute atomic E-state index is 0. The predicted molar refractivity (Wildman–Crippen MR) is 140 cm³/mol. The van der Waals surface area contributed by atoms with Crippen LogP contribution in [0, 0.1) is 11.7 Å². The highest BCUT2D eigenvalue weighted by atomic mass is 32.2. The van der Waals surface area contributed by atoms with Crippen molar-refractivity contribution >= 4 is 28.9 Å². The minimum Gasteiger partial charge on any atom is -0.508 e. The van der Waals surface area contributed by atoms with E-state index >= 15 is 0 Å². The number of carbonyl (C=O) groups is 1. The Balaban J connectivity index is 0.000000307. The molecule has 0 saturated heterocycles. The van der Waals surface area contributed by atoms with Crippen LogP contribution in [0.25, 0.3) is 0 Å². The molecule has 1 aliphatic heterocycles. The van der Waals surface area contributed by atoms with Gasteiger partial charge in [0.25, 0.3) is 0 Å². The third kappa shape index (κ3) is 6.38. The van der Waals surface area contributed by atoms with Crippen LogP contribution in [0.4, 0.5) is 18.9 Å². The summed E-state index contributed by atoms with van der Waals surface area (Å²) >= 11 is 1.53. The third-order valence-corrected chi connectivity index (χ3v) is 7.31. The van der Waals surface area contributed by atoms with Gasteiger partial charge in [-0.1, -0.05) is 50.4 Å². The monoisotopic (exact) mass is 513 g/mol. The number of hydrogen-bond donors (Lipinski definition) is 1. The number of aliphatic imine (C=N–C) groups is 1. The summed E-state index contributed by atoms with van der Waals surface area (Å²) in [6, 6.07) is 17.1. The van der Waals surface area contributed by atoms with Gasteiger partial charge in [0.05, 0.1) is 11.4 Å². The van der Waals surface area contributed by atoms with E-state index in [4.69, 9.17) is 4.99 Å². The Hall–Kier alpha value is -3.06. The van der Waals surface area contributed by atoms with Crippen LogP contribution in [0.1, 0.15) is 68.4 Å². The lowest BCUT2D eigenvalue weighted by atomic mass is 9.88. The number of Topliss-reactive ketones (excluding diaryl/α,β-unsaturated/α-hetero) is 1. The molecule has 0 bridgehead atoms. The van der Waals surface area contributed by atoms with Crippen molar-refractivity contribution in [3.05, 3.63) is 83.2 Å². The molecule has 5 rings (SSSR count). The molecule has 3 aromatic rings. The van der Waals surface area contributed by atoms with Gasteiger partial charge < -0.3 is 5.11 Å². The van der Waals surface area contributed by atoms with Crippen molar-refractivity contribution in [2.45, 2.75) is 62.7 Å². The first-order valence-electron chi connectivity index (χ1n) is 11.5. The van der Waals surface area contributed by atoms with Gasteiger partial charge in [-0.3, -0.25) is 4.79 Å². The fourth-order valence-electron chi connectivity index (χ4n) is 4.05. The van der Waals surface area contributed by atoms with Crippen molar-refractivity contribution in [1.82, 2.24) is 0 Å². The second kappa shape index (κ2) is 11.3. The first-order valence-corrected chi connectivity index (χ1v) is 12.3. The number of hydrogen-bond acceptors (Lipinski definition) is 4. The second-order valence-electron chi connectivity index (χ2n) is 9.00. The van der Waals surface area contributed by atoms with Gasteiger partial charge in [0.2, 0.25) is 5.92 Å². The molecule has 0 unspecified atom stereocenters. The molecular formula is C29H30F3NO2S. The number of rotatable bonds is 2. The highest BCUT2D eigenvalue weighted by Crippen LogP contribution is 2.42. The normalized spacial score (nSPS) is 16.2. The zero-order chi connectivity index (χ0) is 25.2. The fourth-order valence-corrected chi connectivity index (χ4v) is 5.05. The van der Waals surface area contributed by atoms with Crippen molar-refractivity contribution < 1.29 is 23.1 Å². The Morgan fingerprint density at radius 1 is 1.00 bits per heavy atom. The fraction of sp³-hybridized carbons (Fsp3) is 0.310. The molecule has 1 heterocycles. The van der Waals surface area contributed by atoms with Crippen LogP contribution in [0.15, 0.2) is 75.4 Å². The first-order chi connectivity index (χ1) is 16.6. The lowest BCUT2D eigenvalue weighted by Gasteiger charge is -2.25. The van der Waals surface area contributed by atoms with Crippen molar-refractivity contribution in [2.24, 2.45) is 10.9 Å². The van der Waals surface area contributed by atoms with Crippen LogP contribution in [-0.2, 0) is 0 Å². The van der Waals surface area contributed by atoms with E-state index in [-0.39, 0.29) is 31.8 Å². The number of alkyl halides is 2. The maximum Gasteiger partial charge on any atom is 0.248 e. The van der Waals surface area contributed by atoms with Gasteiger partial charge in [-0.25, -0.2) is 18.2 Å². The Morgan fingerprint density at radius 3 is 2.33 bits per heavy atom. The average Bonchev–Trinajstić information content (AvgIpc) is 2.98. The Morgan fingerprint density at radius 2 is 1.69 bits per heavy atom. The number of nitrogens with zero attached hydrogens (tertiary/aromatic N) is 1. The van der Waals surface area contributed by atoms with E-state index < -0.39 is 11.7 Å². The first kappa shape index (κ1) is 27.5. The molecule has 1 N–H and O–H groups in total. The Labute approximate surface area is 214 Å². The minimum atomic E-state index is -2.34. The molecule has 0 atom stereocenters. The summed E-state index contributed by atoms with van der Waals surface area (Å²) in [4.78, 5) is 18.3. The van der Waals surface area contributed by atoms with Gasteiger partial charge in [-0.15, -0.1) is 0 Å². The molecular weight excluding hydrogens is 483 g/mol. The van der Waals surface area contributed by atoms with E-state index in [1.165, 1.54) is 30.8 Å². The number of benzene rings is 3. The molecule has 2 aliphatic rings. The standard InChI is InChI=1S/C21H14FNO2S.C7H12F2.CH4/c1-12(24)13-6-9-20-18(10-13)23-21(15-8-7-14(25)11-17(15)22)16-4-2-3-5-19(16)26-20;1-6-2-4-7(8,9)5-3-6;/h2-11,25H,1H3;6H,2-5H2,1H3;1H4. The van der Waals surface area contributed by atoms with Gasteiger partial charge >= 0.3 is 0 Å². The number of phenols is 1. The van der Waals surface area contributed by atoms with E-state index in [1.807, 2.05) is 37.3 Å². The number of phenolic OH excluding ortho intramolecular Hbond substituents is 1. The average molecular weight is 514 g/mol. The summed E-state index contributed by atoms with van der Waals surface area (Å²) in [6.45, 7) is 3.54. The van der Waals surface area contributed by atoms with Crippen molar-refractivity contribution in [3.8, 4) is 5.75 Å². The summed E-state index contributed by atoms with van der Waals surface area (Å²) in [6.07, 6.45) is 1.61. The molecule has 36 heavy (non-hydrogen) atoms. The zero-order valence-electron chi connectivity index (χ0n) is 19.5. The number of ketones is 1. The van der Waals surface area contributed by atoms with Gasteiger partial charge in [-0.05, 0) is 56.0 Å². The summed E-state index contributed by atoms with van der Waals surface area (Å²) in [5.74, 6) is -2.55. The number of aromatic hydroxyl groups is 1. The van der Waals surface area contributed by atoms with E-state index in [0.29, 0.717) is 41.3 Å². The third-order valence-electron chi connectivity index (χ3n) is 6.17. The van der Waals surface area contributed by atoms with Crippen LogP contribution < -0.4 is 0 Å². The molecule has 7 heteroatoms. The molecule has 0 aromatic heterocycles. The predicted octanol–water partition coefficient (Wildman–Crippen LogP) is 8.84. The highest BCUT2D eigenvalue weighted by molar-refractivity contribution is 7.99. The SMILES string of the molecule is C.CC(=O)c1ccc2c(c1)N=C(c1ccc(O)cc1F)c1ccccc1S2.CC1CCC(F)(F)CC1. The zero-order valence-corrected chi connectivity index (χ0v) is 20.3. The molecule has 0 spiro atoms. The lowest BCUT2D eigenvalue weighted by Crippen LogP contribution is -2.23. The van der Waals surface area contributed by atoms with Crippen LogP contribution in [0.3, 0.4) is 0 Å².